The predicted molar refractivity (Wildman–Crippen MR) is 48.5 cm³/mol. The molecule has 2 nitrogen and oxygen atoms in total. The van der Waals surface area contributed by atoms with E-state index in [-0.39, 0.29) is 16.6 Å². The van der Waals surface area contributed by atoms with Gasteiger partial charge in [-0.2, -0.15) is 0 Å². The van der Waals surface area contributed by atoms with E-state index in [2.05, 4.69) is 15.9 Å². The lowest BCUT2D eigenvalue weighted by molar-refractivity contribution is -0.134. The fraction of sp³-hybridized carbons (Fsp3) is 0.222. The minimum absolute atomic E-state index is 0.314. The van der Waals surface area contributed by atoms with Crippen LogP contribution in [-0.2, 0) is 11.2 Å². The lowest BCUT2D eigenvalue weighted by atomic mass is 10.1. The van der Waals surface area contributed by atoms with E-state index in [4.69, 9.17) is 4.74 Å². The third kappa shape index (κ3) is 1.58. The molecule has 4 heteroatoms. The van der Waals surface area contributed by atoms with Crippen molar-refractivity contribution in [3.05, 3.63) is 29.6 Å². The largest absolute Gasteiger partial charge is 0.425 e. The van der Waals surface area contributed by atoms with Gasteiger partial charge in [0, 0.05) is 6.07 Å². The topological polar surface area (TPSA) is 26.3 Å². The van der Waals surface area contributed by atoms with Crippen LogP contribution >= 0.6 is 15.9 Å². The van der Waals surface area contributed by atoms with Crippen molar-refractivity contribution >= 4 is 21.9 Å². The summed E-state index contributed by atoms with van der Waals surface area (Å²) >= 11 is 3.17. The molecule has 0 bridgehead atoms. The minimum atomic E-state index is -0.389. The molecular formula is C9H6BrFO2. The molecule has 0 spiro atoms. The quantitative estimate of drug-likeness (QED) is 0.397. The minimum Gasteiger partial charge on any atom is -0.425 e. The van der Waals surface area contributed by atoms with Crippen molar-refractivity contribution in [2.24, 2.45) is 0 Å². The molecule has 1 aliphatic rings. The van der Waals surface area contributed by atoms with Crippen LogP contribution in [-0.4, -0.2) is 10.8 Å². The molecule has 1 aliphatic heterocycles. The summed E-state index contributed by atoms with van der Waals surface area (Å²) < 4.78 is 17.6. The van der Waals surface area contributed by atoms with E-state index in [9.17, 15) is 9.18 Å². The lowest BCUT2D eigenvalue weighted by Gasteiger charge is -2.18. The third-order valence-corrected chi connectivity index (χ3v) is 2.59. The molecule has 1 aromatic carbocycles. The molecule has 2 rings (SSSR count). The molecule has 0 fully saturated rings. The SMILES string of the molecule is O=C1Oc2cc(F)ccc2CC1Br. The molecule has 0 aliphatic carbocycles. The second-order valence-electron chi connectivity index (χ2n) is 2.84. The van der Waals surface area contributed by atoms with Crippen molar-refractivity contribution in [2.45, 2.75) is 11.2 Å². The summed E-state index contributed by atoms with van der Waals surface area (Å²) in [4.78, 5) is 10.8. The summed E-state index contributed by atoms with van der Waals surface area (Å²) in [5, 5.41) is 0. The Hall–Kier alpha value is -0.900. The smallest absolute Gasteiger partial charge is 0.325 e. The molecule has 1 heterocycles. The Kier molecular flexibility index (Phi) is 2.07. The first kappa shape index (κ1) is 8.69. The maximum atomic E-state index is 12.7. The zero-order valence-corrected chi connectivity index (χ0v) is 8.17. The van der Waals surface area contributed by atoms with Crippen LogP contribution in [0.5, 0.6) is 5.75 Å². The summed E-state index contributed by atoms with van der Waals surface area (Å²) in [5.41, 5.74) is 0.850. The number of carbonyl (C=O) groups is 1. The van der Waals surface area contributed by atoms with E-state index in [0.29, 0.717) is 12.2 Å². The van der Waals surface area contributed by atoms with Crippen LogP contribution in [0.3, 0.4) is 0 Å². The number of halogens is 2. The van der Waals surface area contributed by atoms with Crippen LogP contribution in [0, 0.1) is 5.82 Å². The monoisotopic (exact) mass is 244 g/mol. The Labute approximate surface area is 82.8 Å². The van der Waals surface area contributed by atoms with Gasteiger partial charge in [-0.3, -0.25) is 4.79 Å². The van der Waals surface area contributed by atoms with Crippen LogP contribution in [0.25, 0.3) is 0 Å². The first-order valence-electron chi connectivity index (χ1n) is 3.81. The molecule has 0 N–H and O–H groups in total. The van der Waals surface area contributed by atoms with Crippen molar-refractivity contribution in [3.8, 4) is 5.75 Å². The molecular weight excluding hydrogens is 239 g/mol. The Morgan fingerprint density at radius 3 is 3.08 bits per heavy atom. The van der Waals surface area contributed by atoms with Gasteiger partial charge in [-0.25, -0.2) is 4.39 Å². The molecule has 1 unspecified atom stereocenters. The van der Waals surface area contributed by atoms with Gasteiger partial charge in [0.2, 0.25) is 0 Å². The third-order valence-electron chi connectivity index (χ3n) is 1.89. The van der Waals surface area contributed by atoms with Crippen molar-refractivity contribution < 1.29 is 13.9 Å². The second-order valence-corrected chi connectivity index (χ2v) is 3.95. The molecule has 0 amide bonds. The number of hydrogen-bond donors (Lipinski definition) is 0. The van der Waals surface area contributed by atoms with E-state index in [1.165, 1.54) is 12.1 Å². The van der Waals surface area contributed by atoms with E-state index in [1.54, 1.807) is 6.07 Å². The zero-order valence-electron chi connectivity index (χ0n) is 6.59. The summed E-state index contributed by atoms with van der Waals surface area (Å²) in [5.74, 6) is -0.418. The molecule has 0 saturated heterocycles. The van der Waals surface area contributed by atoms with Crippen LogP contribution < -0.4 is 4.74 Å². The Bertz CT molecular complexity index is 365. The number of benzene rings is 1. The van der Waals surface area contributed by atoms with Crippen LogP contribution in [0.2, 0.25) is 0 Å². The number of carbonyl (C=O) groups excluding carboxylic acids is 1. The van der Waals surface area contributed by atoms with Crippen molar-refractivity contribution in [3.63, 3.8) is 0 Å². The van der Waals surface area contributed by atoms with Gasteiger partial charge in [-0.15, -0.1) is 0 Å². The lowest BCUT2D eigenvalue weighted by Crippen LogP contribution is -2.27. The Morgan fingerprint density at radius 2 is 2.31 bits per heavy atom. The fourth-order valence-corrected chi connectivity index (χ4v) is 1.68. The highest BCUT2D eigenvalue weighted by atomic mass is 79.9. The summed E-state index contributed by atoms with van der Waals surface area (Å²) in [6.45, 7) is 0. The van der Waals surface area contributed by atoms with Gasteiger partial charge < -0.3 is 4.74 Å². The highest BCUT2D eigenvalue weighted by Crippen LogP contribution is 2.28. The highest BCUT2D eigenvalue weighted by Gasteiger charge is 2.25. The van der Waals surface area contributed by atoms with Gasteiger partial charge in [0.25, 0.3) is 0 Å². The van der Waals surface area contributed by atoms with Gasteiger partial charge in [0.1, 0.15) is 16.4 Å². The predicted octanol–water partition coefficient (Wildman–Crippen LogP) is 2.05. The van der Waals surface area contributed by atoms with E-state index < -0.39 is 0 Å². The molecule has 0 radical (unpaired) electrons. The Morgan fingerprint density at radius 1 is 1.54 bits per heavy atom. The van der Waals surface area contributed by atoms with E-state index in [1.807, 2.05) is 0 Å². The molecule has 13 heavy (non-hydrogen) atoms. The maximum Gasteiger partial charge on any atom is 0.325 e. The van der Waals surface area contributed by atoms with Gasteiger partial charge in [0.15, 0.2) is 0 Å². The second kappa shape index (κ2) is 3.10. The van der Waals surface area contributed by atoms with Gasteiger partial charge in [0.05, 0.1) is 0 Å². The molecule has 68 valence electrons. The summed E-state index contributed by atoms with van der Waals surface area (Å²) in [6, 6.07) is 4.22. The maximum absolute atomic E-state index is 12.7. The van der Waals surface area contributed by atoms with Gasteiger partial charge >= 0.3 is 5.97 Å². The number of esters is 1. The molecule has 1 atom stereocenters. The number of ether oxygens (including phenoxy) is 1. The van der Waals surface area contributed by atoms with E-state index >= 15 is 0 Å². The zero-order chi connectivity index (χ0) is 9.42. The first-order valence-corrected chi connectivity index (χ1v) is 4.72. The van der Waals surface area contributed by atoms with Gasteiger partial charge in [-0.1, -0.05) is 22.0 Å². The standard InChI is InChI=1S/C9H6BrFO2/c10-7-3-5-1-2-6(11)4-8(5)13-9(7)12/h1-2,4,7H,3H2. The first-order chi connectivity index (χ1) is 6.16. The number of rotatable bonds is 0. The van der Waals surface area contributed by atoms with E-state index in [0.717, 1.165) is 5.56 Å². The number of alkyl halides is 1. The van der Waals surface area contributed by atoms with Crippen LogP contribution in [0.15, 0.2) is 18.2 Å². The van der Waals surface area contributed by atoms with Gasteiger partial charge in [-0.05, 0) is 18.1 Å². The normalized spacial score (nSPS) is 20.8. The molecule has 0 aromatic heterocycles. The van der Waals surface area contributed by atoms with Crippen molar-refractivity contribution in [1.29, 1.82) is 0 Å². The summed E-state index contributed by atoms with van der Waals surface area (Å²) in [7, 11) is 0. The number of hydrogen-bond acceptors (Lipinski definition) is 2. The van der Waals surface area contributed by atoms with Crippen molar-refractivity contribution in [2.75, 3.05) is 0 Å². The fourth-order valence-electron chi connectivity index (χ4n) is 1.24. The molecule has 0 saturated carbocycles. The molecule has 1 aromatic rings. The van der Waals surface area contributed by atoms with Crippen molar-refractivity contribution in [1.82, 2.24) is 0 Å². The number of fused-ring (bicyclic) bond motifs is 1. The van der Waals surface area contributed by atoms with Crippen LogP contribution in [0.4, 0.5) is 4.39 Å². The summed E-state index contributed by atoms with van der Waals surface area (Å²) in [6.07, 6.45) is 0.550. The average molecular weight is 245 g/mol. The average Bonchev–Trinajstić information content (AvgIpc) is 2.08. The van der Waals surface area contributed by atoms with Crippen LogP contribution in [0.1, 0.15) is 5.56 Å². The highest BCUT2D eigenvalue weighted by molar-refractivity contribution is 9.10. The Balaban J connectivity index is 2.42.